The number of carbonyl (C=O) groups is 2. The van der Waals surface area contributed by atoms with Gasteiger partial charge in [-0.1, -0.05) is 0 Å². The Morgan fingerprint density at radius 3 is 2.41 bits per heavy atom. The molecule has 22 heavy (non-hydrogen) atoms. The molecule has 0 spiro atoms. The number of benzene rings is 2. The first-order valence-corrected chi connectivity index (χ1v) is 6.53. The predicted molar refractivity (Wildman–Crippen MR) is 75.5 cm³/mol. The van der Waals surface area contributed by atoms with E-state index in [1.54, 1.807) is 0 Å². The summed E-state index contributed by atoms with van der Waals surface area (Å²) < 4.78 is 5.31. The number of hydrogen-bond donors (Lipinski definition) is 3. The predicted octanol–water partition coefficient (Wildman–Crippen LogP) is 1.54. The number of ether oxygens (including phenoxy) is 1. The number of phenolic OH excluding ortho intramolecular Hbond substituents is 3. The fourth-order valence-electron chi connectivity index (χ4n) is 2.36. The topological polar surface area (TPSA) is 104 Å². The minimum atomic E-state index is -0.463. The van der Waals surface area contributed by atoms with Crippen molar-refractivity contribution in [2.75, 3.05) is 6.61 Å². The molecule has 0 bridgehead atoms. The summed E-state index contributed by atoms with van der Waals surface area (Å²) in [6.07, 6.45) is -0.102. The highest BCUT2D eigenvalue weighted by atomic mass is 16.5. The molecule has 0 aromatic heterocycles. The third kappa shape index (κ3) is 2.35. The minimum Gasteiger partial charge on any atom is -0.508 e. The fourth-order valence-corrected chi connectivity index (χ4v) is 2.36. The number of hydrogen-bond acceptors (Lipinski definition) is 6. The molecule has 1 aliphatic heterocycles. The SMILES string of the molecule is O=C1COc2cc(O)ccc2C(=O)c2cc(O)c(O)cc2C1. The van der Waals surface area contributed by atoms with Crippen molar-refractivity contribution in [1.82, 2.24) is 0 Å². The molecule has 2 aromatic carbocycles. The standard InChI is InChI=1S/C16H12O6/c17-9-1-2-11-15(5-9)22-7-10(18)3-8-4-13(19)14(20)6-12(8)16(11)21/h1-2,4-6,17,19-20H,3,7H2. The van der Waals surface area contributed by atoms with Gasteiger partial charge in [-0.15, -0.1) is 0 Å². The number of carbonyl (C=O) groups excluding carboxylic acids is 2. The van der Waals surface area contributed by atoms with Crippen molar-refractivity contribution in [3.05, 3.63) is 47.0 Å². The summed E-state index contributed by atoms with van der Waals surface area (Å²) in [6, 6.07) is 6.30. The summed E-state index contributed by atoms with van der Waals surface area (Å²) in [5, 5.41) is 28.7. The van der Waals surface area contributed by atoms with Crippen LogP contribution in [0.4, 0.5) is 0 Å². The lowest BCUT2D eigenvalue weighted by molar-refractivity contribution is -0.120. The summed E-state index contributed by atoms with van der Waals surface area (Å²) in [6.45, 7) is -0.259. The Bertz CT molecular complexity index is 793. The van der Waals surface area contributed by atoms with Crippen LogP contribution in [-0.4, -0.2) is 33.5 Å². The van der Waals surface area contributed by atoms with E-state index in [-0.39, 0.29) is 41.4 Å². The maximum Gasteiger partial charge on any atom is 0.197 e. The number of fused-ring (bicyclic) bond motifs is 2. The Balaban J connectivity index is 2.23. The average molecular weight is 300 g/mol. The molecular formula is C16H12O6. The molecule has 6 heteroatoms. The second-order valence-electron chi connectivity index (χ2n) is 5.01. The molecule has 6 nitrogen and oxygen atoms in total. The van der Waals surface area contributed by atoms with E-state index in [1.165, 1.54) is 24.3 Å². The van der Waals surface area contributed by atoms with Crippen molar-refractivity contribution in [2.24, 2.45) is 0 Å². The Morgan fingerprint density at radius 1 is 0.909 bits per heavy atom. The van der Waals surface area contributed by atoms with Crippen LogP contribution in [0, 0.1) is 0 Å². The lowest BCUT2D eigenvalue weighted by atomic mass is 9.95. The van der Waals surface area contributed by atoms with Gasteiger partial charge in [0.05, 0.1) is 5.56 Å². The summed E-state index contributed by atoms with van der Waals surface area (Å²) in [4.78, 5) is 24.6. The first kappa shape index (κ1) is 13.9. The molecule has 0 aliphatic carbocycles. The smallest absolute Gasteiger partial charge is 0.197 e. The van der Waals surface area contributed by atoms with Crippen LogP contribution in [0.2, 0.25) is 0 Å². The lowest BCUT2D eigenvalue weighted by Crippen LogP contribution is -2.13. The molecule has 0 fully saturated rings. The molecule has 2 aromatic rings. The van der Waals surface area contributed by atoms with Gasteiger partial charge in [0.15, 0.2) is 23.1 Å². The number of Topliss-reactive ketones (excluding diaryl/α,β-unsaturated/α-hetero) is 1. The zero-order valence-corrected chi connectivity index (χ0v) is 11.4. The zero-order chi connectivity index (χ0) is 15.9. The van der Waals surface area contributed by atoms with Crippen LogP contribution in [0.1, 0.15) is 21.5 Å². The minimum absolute atomic E-state index is 0.0907. The molecule has 0 unspecified atom stereocenters. The Hall–Kier alpha value is -3.02. The van der Waals surface area contributed by atoms with Crippen LogP contribution in [-0.2, 0) is 11.2 Å². The van der Waals surface area contributed by atoms with Gasteiger partial charge in [0.2, 0.25) is 0 Å². The van der Waals surface area contributed by atoms with Gasteiger partial charge in [-0.2, -0.15) is 0 Å². The molecule has 0 radical (unpaired) electrons. The molecule has 0 atom stereocenters. The summed E-state index contributed by atoms with van der Waals surface area (Å²) >= 11 is 0. The van der Waals surface area contributed by atoms with Crippen LogP contribution in [0.3, 0.4) is 0 Å². The molecule has 1 aliphatic rings. The van der Waals surface area contributed by atoms with Crippen LogP contribution >= 0.6 is 0 Å². The van der Waals surface area contributed by atoms with Gasteiger partial charge < -0.3 is 20.1 Å². The molecule has 3 rings (SSSR count). The molecule has 0 amide bonds. The molecule has 1 heterocycles. The third-order valence-corrected chi connectivity index (χ3v) is 3.43. The van der Waals surface area contributed by atoms with Crippen molar-refractivity contribution >= 4 is 11.6 Å². The molecule has 3 N–H and O–H groups in total. The zero-order valence-electron chi connectivity index (χ0n) is 11.4. The van der Waals surface area contributed by atoms with E-state index in [0.29, 0.717) is 5.56 Å². The van der Waals surface area contributed by atoms with Crippen molar-refractivity contribution < 1.29 is 29.6 Å². The quantitative estimate of drug-likeness (QED) is 0.638. The van der Waals surface area contributed by atoms with E-state index in [9.17, 15) is 24.9 Å². The fraction of sp³-hybridized carbons (Fsp3) is 0.125. The number of aromatic hydroxyl groups is 3. The van der Waals surface area contributed by atoms with Crippen LogP contribution < -0.4 is 4.74 Å². The Labute approximate surface area is 125 Å². The molecular weight excluding hydrogens is 288 g/mol. The summed E-state index contributed by atoms with van der Waals surface area (Å²) in [5.41, 5.74) is 0.592. The first-order valence-electron chi connectivity index (χ1n) is 6.53. The van der Waals surface area contributed by atoms with Gasteiger partial charge in [-0.3, -0.25) is 9.59 Å². The van der Waals surface area contributed by atoms with Gasteiger partial charge in [0.25, 0.3) is 0 Å². The Morgan fingerprint density at radius 2 is 1.64 bits per heavy atom. The lowest BCUT2D eigenvalue weighted by Gasteiger charge is -2.10. The average Bonchev–Trinajstić information content (AvgIpc) is 2.51. The normalized spacial score (nSPS) is 14.2. The van der Waals surface area contributed by atoms with Crippen molar-refractivity contribution in [2.45, 2.75) is 6.42 Å². The molecule has 0 saturated carbocycles. The number of rotatable bonds is 0. The maximum atomic E-state index is 12.6. The van der Waals surface area contributed by atoms with E-state index < -0.39 is 17.3 Å². The largest absolute Gasteiger partial charge is 0.508 e. The third-order valence-electron chi connectivity index (χ3n) is 3.43. The van der Waals surface area contributed by atoms with E-state index in [4.69, 9.17) is 4.74 Å². The second kappa shape index (κ2) is 5.07. The number of ketones is 2. The second-order valence-corrected chi connectivity index (χ2v) is 5.01. The number of phenols is 3. The van der Waals surface area contributed by atoms with Crippen LogP contribution in [0.5, 0.6) is 23.0 Å². The van der Waals surface area contributed by atoms with Crippen molar-refractivity contribution in [3.8, 4) is 23.0 Å². The van der Waals surface area contributed by atoms with E-state index in [0.717, 1.165) is 6.07 Å². The first-order chi connectivity index (χ1) is 10.5. The highest BCUT2D eigenvalue weighted by molar-refractivity contribution is 6.12. The van der Waals surface area contributed by atoms with Gasteiger partial charge in [-0.05, 0) is 29.8 Å². The maximum absolute atomic E-state index is 12.6. The van der Waals surface area contributed by atoms with E-state index in [1.807, 2.05) is 0 Å². The highest BCUT2D eigenvalue weighted by Gasteiger charge is 2.24. The highest BCUT2D eigenvalue weighted by Crippen LogP contribution is 2.33. The molecule has 112 valence electrons. The summed E-state index contributed by atoms with van der Waals surface area (Å²) in [7, 11) is 0. The van der Waals surface area contributed by atoms with E-state index >= 15 is 0 Å². The van der Waals surface area contributed by atoms with E-state index in [2.05, 4.69) is 0 Å². The van der Waals surface area contributed by atoms with Crippen molar-refractivity contribution in [3.63, 3.8) is 0 Å². The van der Waals surface area contributed by atoms with Gasteiger partial charge in [0, 0.05) is 18.1 Å². The van der Waals surface area contributed by atoms with Crippen LogP contribution in [0.15, 0.2) is 30.3 Å². The summed E-state index contributed by atoms with van der Waals surface area (Å²) in [5.74, 6) is -1.60. The van der Waals surface area contributed by atoms with Gasteiger partial charge in [0.1, 0.15) is 18.1 Å². The molecule has 0 saturated heterocycles. The Kier molecular flexibility index (Phi) is 3.21. The van der Waals surface area contributed by atoms with Gasteiger partial charge >= 0.3 is 0 Å². The van der Waals surface area contributed by atoms with Gasteiger partial charge in [-0.25, -0.2) is 0 Å². The van der Waals surface area contributed by atoms with Crippen LogP contribution in [0.25, 0.3) is 0 Å². The monoisotopic (exact) mass is 300 g/mol. The van der Waals surface area contributed by atoms with Crippen molar-refractivity contribution in [1.29, 1.82) is 0 Å².